The fraction of sp³-hybridized carbons (Fsp3) is 0.286. The van der Waals surface area contributed by atoms with Gasteiger partial charge in [-0.15, -0.1) is 0 Å². The lowest BCUT2D eigenvalue weighted by atomic mass is 9.47. The maximum Gasteiger partial charge on any atom is 0.376 e. The number of fused-ring (bicyclic) bond motifs is 6. The molecule has 8 aromatic rings. The first-order chi connectivity index (χ1) is 28.3. The second kappa shape index (κ2) is 12.9. The van der Waals surface area contributed by atoms with Crippen LogP contribution in [0.15, 0.2) is 132 Å². The van der Waals surface area contributed by atoms with Crippen LogP contribution in [-0.2, 0) is 21.7 Å². The molecule has 0 bridgehead atoms. The Balaban J connectivity index is 1.43. The predicted molar refractivity (Wildman–Crippen MR) is 258 cm³/mol. The van der Waals surface area contributed by atoms with Crippen LogP contribution < -0.4 is 16.0 Å². The Morgan fingerprint density at radius 3 is 1.62 bits per heavy atom. The molecule has 4 heterocycles. The van der Waals surface area contributed by atoms with Gasteiger partial charge >= 0.3 is 6.85 Å². The molecule has 0 amide bonds. The van der Waals surface area contributed by atoms with Crippen molar-refractivity contribution in [2.24, 2.45) is 0 Å². The first-order valence-electron chi connectivity index (χ1n) is 21.8. The van der Waals surface area contributed by atoms with Crippen molar-refractivity contribution in [2.45, 2.75) is 105 Å². The Morgan fingerprint density at radius 2 is 1.02 bits per heavy atom. The minimum atomic E-state index is -0.224. The van der Waals surface area contributed by atoms with E-state index in [4.69, 9.17) is 4.42 Å². The fourth-order valence-corrected chi connectivity index (χ4v) is 9.75. The summed E-state index contributed by atoms with van der Waals surface area (Å²) in [4.78, 5) is 2.55. The van der Waals surface area contributed by atoms with Gasteiger partial charge in [0.25, 0.3) is 0 Å². The van der Waals surface area contributed by atoms with E-state index >= 15 is 0 Å². The van der Waals surface area contributed by atoms with Crippen LogP contribution in [0.4, 0.5) is 17.1 Å². The summed E-state index contributed by atoms with van der Waals surface area (Å²) >= 11 is 0. The highest BCUT2D eigenvalue weighted by Crippen LogP contribution is 2.52. The first-order valence-corrected chi connectivity index (χ1v) is 21.8. The van der Waals surface area contributed by atoms with Gasteiger partial charge in [0, 0.05) is 44.5 Å². The molecular formula is C56H57BN2O. The van der Waals surface area contributed by atoms with Gasteiger partial charge in [0.1, 0.15) is 11.2 Å². The zero-order valence-electron chi connectivity index (χ0n) is 37.5. The Hall–Kier alpha value is -5.74. The summed E-state index contributed by atoms with van der Waals surface area (Å²) in [6.07, 6.45) is 0. The second-order valence-electron chi connectivity index (χ2n) is 21.5. The Morgan fingerprint density at radius 1 is 0.483 bits per heavy atom. The molecule has 0 radical (unpaired) electrons. The van der Waals surface area contributed by atoms with Gasteiger partial charge in [0.15, 0.2) is 0 Å². The van der Waals surface area contributed by atoms with Gasteiger partial charge in [-0.25, -0.2) is 0 Å². The minimum Gasteiger partial charge on any atom is -0.466 e. The molecular weight excluding hydrogens is 727 g/mol. The molecule has 4 heteroatoms. The van der Waals surface area contributed by atoms with Crippen molar-refractivity contribution in [1.29, 1.82) is 0 Å². The van der Waals surface area contributed by atoms with E-state index in [9.17, 15) is 0 Å². The molecule has 0 N–H and O–H groups in total. The number of anilines is 3. The van der Waals surface area contributed by atoms with E-state index in [1.807, 2.05) is 0 Å². The molecule has 6 aromatic carbocycles. The van der Waals surface area contributed by atoms with Crippen LogP contribution in [0.1, 0.15) is 105 Å². The third-order valence-electron chi connectivity index (χ3n) is 13.2. The highest BCUT2D eigenvalue weighted by Gasteiger charge is 2.48. The average molecular weight is 785 g/mol. The van der Waals surface area contributed by atoms with Gasteiger partial charge in [-0.05, 0) is 109 Å². The molecule has 2 aromatic heterocycles. The van der Waals surface area contributed by atoms with Crippen molar-refractivity contribution < 1.29 is 4.42 Å². The average Bonchev–Trinajstić information content (AvgIpc) is 3.75. The standard InChI is InChI=1S/C56H57BN2O/c1-53(2,3)36-23-26-40(27-24-36)58-45-33-39(56(10,11)12)30-41-42-31-38(55(7,8)9)32-44-47(34-19-15-13-16-20-34)49(35-21-17-14-18-22-35)59(50(42)44)57(48(41)45)52-51(58)43-29-37(54(4,5)6)25-28-46(43)60-52/h13-33H,1-12H3. The smallest absolute Gasteiger partial charge is 0.376 e. The topological polar surface area (TPSA) is 21.3 Å². The van der Waals surface area contributed by atoms with Gasteiger partial charge in [-0.3, -0.25) is 0 Å². The molecule has 0 fully saturated rings. The summed E-state index contributed by atoms with van der Waals surface area (Å²) < 4.78 is 10.1. The van der Waals surface area contributed by atoms with Crippen LogP contribution in [-0.4, -0.2) is 11.3 Å². The highest BCUT2D eigenvalue weighted by atomic mass is 16.3. The van der Waals surface area contributed by atoms with E-state index in [2.05, 4.69) is 220 Å². The fourth-order valence-electron chi connectivity index (χ4n) is 9.75. The number of aromatic nitrogens is 1. The zero-order valence-corrected chi connectivity index (χ0v) is 37.5. The van der Waals surface area contributed by atoms with E-state index in [0.29, 0.717) is 0 Å². The van der Waals surface area contributed by atoms with Gasteiger partial charge < -0.3 is 13.8 Å². The van der Waals surface area contributed by atoms with E-state index in [0.717, 1.165) is 28.0 Å². The summed E-state index contributed by atoms with van der Waals surface area (Å²) in [7, 11) is 0. The van der Waals surface area contributed by atoms with E-state index in [1.54, 1.807) is 0 Å². The predicted octanol–water partition coefficient (Wildman–Crippen LogP) is 14.3. The number of hydrogen-bond donors (Lipinski definition) is 0. The van der Waals surface area contributed by atoms with Crippen molar-refractivity contribution in [1.82, 2.24) is 4.48 Å². The molecule has 2 aliphatic rings. The van der Waals surface area contributed by atoms with Crippen molar-refractivity contribution in [3.8, 4) is 33.5 Å². The van der Waals surface area contributed by atoms with Gasteiger partial charge in [0.05, 0.1) is 5.69 Å². The number of rotatable bonds is 3. The number of furan rings is 1. The van der Waals surface area contributed by atoms with E-state index < -0.39 is 0 Å². The van der Waals surface area contributed by atoms with Crippen LogP contribution in [0.5, 0.6) is 0 Å². The maximum absolute atomic E-state index is 7.40. The zero-order chi connectivity index (χ0) is 42.3. The number of hydrogen-bond acceptors (Lipinski definition) is 2. The van der Waals surface area contributed by atoms with Gasteiger partial charge in [0.2, 0.25) is 0 Å². The third kappa shape index (κ3) is 5.85. The molecule has 0 aliphatic carbocycles. The van der Waals surface area contributed by atoms with Crippen molar-refractivity contribution in [3.63, 3.8) is 0 Å². The first kappa shape index (κ1) is 38.5. The monoisotopic (exact) mass is 784 g/mol. The summed E-state index contributed by atoms with van der Waals surface area (Å²) in [5.41, 5.74) is 20.5. The molecule has 2 aliphatic heterocycles. The van der Waals surface area contributed by atoms with Crippen molar-refractivity contribution in [2.75, 3.05) is 4.90 Å². The van der Waals surface area contributed by atoms with Crippen LogP contribution >= 0.6 is 0 Å². The van der Waals surface area contributed by atoms with Crippen molar-refractivity contribution in [3.05, 3.63) is 150 Å². The molecule has 10 rings (SSSR count). The van der Waals surface area contributed by atoms with Crippen LogP contribution in [0, 0.1) is 0 Å². The number of benzene rings is 6. The van der Waals surface area contributed by atoms with Crippen LogP contribution in [0.25, 0.3) is 55.4 Å². The molecule has 3 nitrogen and oxygen atoms in total. The lowest BCUT2D eigenvalue weighted by Crippen LogP contribution is -2.56. The molecule has 300 valence electrons. The molecule has 0 unspecified atom stereocenters. The molecule has 0 saturated carbocycles. The summed E-state index contributed by atoms with van der Waals surface area (Å²) in [6, 6.07) is 48.3. The minimum absolute atomic E-state index is 0.0323. The quantitative estimate of drug-likeness (QED) is 0.166. The van der Waals surface area contributed by atoms with Crippen LogP contribution in [0.3, 0.4) is 0 Å². The molecule has 0 atom stereocenters. The maximum atomic E-state index is 7.40. The Labute approximate surface area is 357 Å². The lowest BCUT2D eigenvalue weighted by Gasteiger charge is -2.40. The van der Waals surface area contributed by atoms with Gasteiger partial charge in [-0.1, -0.05) is 168 Å². The molecule has 60 heavy (non-hydrogen) atoms. The van der Waals surface area contributed by atoms with Crippen molar-refractivity contribution >= 4 is 56.9 Å². The van der Waals surface area contributed by atoms with Crippen LogP contribution in [0.2, 0.25) is 0 Å². The normalized spacial score (nSPS) is 13.9. The summed E-state index contributed by atoms with van der Waals surface area (Å²) in [5.74, 6) is 0. The molecule has 0 saturated heterocycles. The van der Waals surface area contributed by atoms with Gasteiger partial charge in [-0.2, -0.15) is 0 Å². The Bertz CT molecular complexity index is 2990. The second-order valence-corrected chi connectivity index (χ2v) is 21.5. The SMILES string of the molecule is CC(C)(C)c1ccc(N2c3cc(C(C)(C)C)cc4c3B(c3oc5ccc(C(C)(C)C)cc5c32)n2c(-c3ccccc3)c(-c3ccccc3)c3cc(C(C)(C)C)cc-4c32)cc1. The largest absolute Gasteiger partial charge is 0.466 e. The summed E-state index contributed by atoms with van der Waals surface area (Å²) in [6.45, 7) is 27.7. The highest BCUT2D eigenvalue weighted by molar-refractivity contribution is 6.89. The third-order valence-corrected chi connectivity index (χ3v) is 13.2. The summed E-state index contributed by atoms with van der Waals surface area (Å²) in [5, 5.41) is 2.43. The Kier molecular flexibility index (Phi) is 8.26. The van der Waals surface area contributed by atoms with E-state index in [-0.39, 0.29) is 28.5 Å². The molecule has 0 spiro atoms. The van der Waals surface area contributed by atoms with E-state index in [1.165, 1.54) is 77.8 Å². The lowest BCUT2D eigenvalue weighted by molar-refractivity contribution is 0.589. The number of nitrogens with zero attached hydrogens (tertiary/aromatic N) is 2.